The van der Waals surface area contributed by atoms with Crippen molar-refractivity contribution in [1.29, 1.82) is 0 Å². The first-order valence-electron chi connectivity index (χ1n) is 4.46. The Hall–Kier alpha value is -0.710. The van der Waals surface area contributed by atoms with E-state index in [0.717, 1.165) is 0 Å². The van der Waals surface area contributed by atoms with Crippen LogP contribution in [0.1, 0.15) is 20.7 Å². The SMILES string of the molecule is NC(O)(CC(=O)O)C(N)(CC(=O)O)CC(=O)O.[H-].[Na+]. The zero-order chi connectivity index (χ0) is 13.9. The minimum absolute atomic E-state index is 0. The molecular formula is C8H15N2NaO7. The van der Waals surface area contributed by atoms with Gasteiger partial charge in [0, 0.05) is 0 Å². The summed E-state index contributed by atoms with van der Waals surface area (Å²) >= 11 is 0. The van der Waals surface area contributed by atoms with E-state index in [4.69, 9.17) is 26.8 Å². The third-order valence-corrected chi connectivity index (χ3v) is 2.22. The molecule has 0 aromatic rings. The average Bonchev–Trinajstić information content (AvgIpc) is 1.96. The molecule has 0 spiro atoms. The van der Waals surface area contributed by atoms with E-state index in [1.165, 1.54) is 0 Å². The van der Waals surface area contributed by atoms with Crippen molar-refractivity contribution in [2.75, 3.05) is 0 Å². The molecule has 1 unspecified atom stereocenters. The van der Waals surface area contributed by atoms with Crippen molar-refractivity contribution in [2.45, 2.75) is 30.5 Å². The van der Waals surface area contributed by atoms with Crippen molar-refractivity contribution in [3.63, 3.8) is 0 Å². The minimum Gasteiger partial charge on any atom is -1.00 e. The van der Waals surface area contributed by atoms with Gasteiger partial charge in [-0.05, 0) is 0 Å². The molecule has 0 aromatic heterocycles. The number of carboxylic acid groups (broad SMARTS) is 3. The summed E-state index contributed by atoms with van der Waals surface area (Å²) in [7, 11) is 0. The summed E-state index contributed by atoms with van der Waals surface area (Å²) in [5.41, 5.74) is 5.72. The van der Waals surface area contributed by atoms with Gasteiger partial charge in [-0.1, -0.05) is 0 Å². The fraction of sp³-hybridized carbons (Fsp3) is 0.625. The van der Waals surface area contributed by atoms with Crippen LogP contribution in [0.5, 0.6) is 0 Å². The van der Waals surface area contributed by atoms with Crippen LogP contribution in [0.2, 0.25) is 0 Å². The van der Waals surface area contributed by atoms with Crippen LogP contribution in [0, 0.1) is 0 Å². The van der Waals surface area contributed by atoms with Gasteiger partial charge in [-0.3, -0.25) is 14.4 Å². The zero-order valence-corrected chi connectivity index (χ0v) is 11.8. The summed E-state index contributed by atoms with van der Waals surface area (Å²) in [5, 5.41) is 35.3. The Balaban J connectivity index is -0.00000128. The molecule has 0 rings (SSSR count). The van der Waals surface area contributed by atoms with Crippen molar-refractivity contribution in [3.8, 4) is 0 Å². The van der Waals surface area contributed by atoms with Gasteiger partial charge in [-0.2, -0.15) is 0 Å². The quantitative estimate of drug-likeness (QED) is 0.195. The minimum atomic E-state index is -2.64. The van der Waals surface area contributed by atoms with E-state index in [2.05, 4.69) is 0 Å². The number of aliphatic carboxylic acids is 3. The van der Waals surface area contributed by atoms with Crippen LogP contribution in [-0.2, 0) is 14.4 Å². The second-order valence-corrected chi connectivity index (χ2v) is 3.79. The van der Waals surface area contributed by atoms with Crippen molar-refractivity contribution in [2.24, 2.45) is 11.5 Å². The third kappa shape index (κ3) is 5.76. The summed E-state index contributed by atoms with van der Waals surface area (Å²) in [6, 6.07) is 0. The van der Waals surface area contributed by atoms with Crippen LogP contribution < -0.4 is 41.0 Å². The summed E-state index contributed by atoms with van der Waals surface area (Å²) in [6.45, 7) is 0. The molecule has 9 nitrogen and oxygen atoms in total. The Morgan fingerprint density at radius 3 is 1.39 bits per heavy atom. The number of carbonyl (C=O) groups is 3. The fourth-order valence-corrected chi connectivity index (χ4v) is 1.31. The predicted molar refractivity (Wildman–Crippen MR) is 53.9 cm³/mol. The second kappa shape index (κ2) is 7.02. The van der Waals surface area contributed by atoms with Gasteiger partial charge in [-0.25, -0.2) is 0 Å². The van der Waals surface area contributed by atoms with E-state index in [1.807, 2.05) is 0 Å². The molecule has 0 heterocycles. The Morgan fingerprint density at radius 2 is 1.17 bits per heavy atom. The van der Waals surface area contributed by atoms with Gasteiger partial charge < -0.3 is 33.3 Å². The smallest absolute Gasteiger partial charge is 1.00 e. The molecule has 0 aliphatic heterocycles. The molecule has 0 saturated carbocycles. The van der Waals surface area contributed by atoms with E-state index >= 15 is 0 Å². The standard InChI is InChI=1S/C8H14N2O7.Na.H/c9-7(1-4(11)12,2-5(13)14)8(10,17)3-6(15)16;;/h17H,1-3,9-10H2,(H,11,12)(H,13,14)(H,15,16);;/q;+1;-1. The van der Waals surface area contributed by atoms with Crippen molar-refractivity contribution >= 4 is 17.9 Å². The molecule has 0 aliphatic rings. The first-order chi connectivity index (χ1) is 7.50. The van der Waals surface area contributed by atoms with Gasteiger partial charge >= 0.3 is 47.5 Å². The summed E-state index contributed by atoms with van der Waals surface area (Å²) in [4.78, 5) is 31.5. The summed E-state index contributed by atoms with van der Waals surface area (Å²) < 4.78 is 0. The van der Waals surface area contributed by atoms with Gasteiger partial charge in [0.2, 0.25) is 0 Å². The van der Waals surface area contributed by atoms with Crippen molar-refractivity contribution in [3.05, 3.63) is 0 Å². The van der Waals surface area contributed by atoms with E-state index < -0.39 is 48.4 Å². The van der Waals surface area contributed by atoms with Gasteiger partial charge in [0.1, 0.15) is 5.72 Å². The number of hydrogen-bond acceptors (Lipinski definition) is 6. The number of hydrogen-bond donors (Lipinski definition) is 6. The molecule has 0 radical (unpaired) electrons. The molecule has 0 fully saturated rings. The summed E-state index contributed by atoms with van der Waals surface area (Å²) in [5.74, 6) is -4.52. The molecule has 1 atom stereocenters. The molecular weight excluding hydrogens is 259 g/mol. The first kappa shape index (κ1) is 19.6. The average molecular weight is 274 g/mol. The monoisotopic (exact) mass is 274 g/mol. The summed E-state index contributed by atoms with van der Waals surface area (Å²) in [6.07, 6.45) is -3.01. The van der Waals surface area contributed by atoms with Crippen LogP contribution in [0.4, 0.5) is 0 Å². The van der Waals surface area contributed by atoms with E-state index in [-0.39, 0.29) is 31.0 Å². The zero-order valence-electron chi connectivity index (χ0n) is 10.8. The van der Waals surface area contributed by atoms with Gasteiger partial charge in [-0.15, -0.1) is 0 Å². The molecule has 8 N–H and O–H groups in total. The molecule has 0 aromatic carbocycles. The Bertz CT molecular complexity index is 334. The maximum absolute atomic E-state index is 10.5. The number of rotatable bonds is 7. The van der Waals surface area contributed by atoms with E-state index in [1.54, 1.807) is 0 Å². The van der Waals surface area contributed by atoms with Crippen LogP contribution in [0.15, 0.2) is 0 Å². The Morgan fingerprint density at radius 1 is 0.889 bits per heavy atom. The Labute approximate surface area is 126 Å². The number of aliphatic hydroxyl groups is 1. The van der Waals surface area contributed by atoms with Crippen LogP contribution in [-0.4, -0.2) is 49.6 Å². The van der Waals surface area contributed by atoms with E-state index in [9.17, 15) is 19.5 Å². The largest absolute Gasteiger partial charge is 1.00 e. The molecule has 0 bridgehead atoms. The molecule has 0 amide bonds. The van der Waals surface area contributed by atoms with Crippen LogP contribution in [0.25, 0.3) is 0 Å². The Kier molecular flexibility index (Phi) is 7.66. The van der Waals surface area contributed by atoms with Gasteiger partial charge in [0.15, 0.2) is 0 Å². The normalized spacial score (nSPS) is 14.2. The fourth-order valence-electron chi connectivity index (χ4n) is 1.31. The second-order valence-electron chi connectivity index (χ2n) is 3.79. The molecule has 0 saturated heterocycles. The molecule has 100 valence electrons. The first-order valence-corrected chi connectivity index (χ1v) is 4.46. The van der Waals surface area contributed by atoms with E-state index in [0.29, 0.717) is 0 Å². The topological polar surface area (TPSA) is 184 Å². The van der Waals surface area contributed by atoms with Crippen molar-refractivity contribution in [1.82, 2.24) is 0 Å². The molecule has 10 heteroatoms. The van der Waals surface area contributed by atoms with Crippen LogP contribution in [0.3, 0.4) is 0 Å². The maximum Gasteiger partial charge on any atom is 1.00 e. The third-order valence-electron chi connectivity index (χ3n) is 2.22. The maximum atomic E-state index is 10.5. The van der Waals surface area contributed by atoms with Crippen molar-refractivity contribution < 1.29 is 65.8 Å². The molecule has 18 heavy (non-hydrogen) atoms. The van der Waals surface area contributed by atoms with Crippen LogP contribution >= 0.6 is 0 Å². The predicted octanol–water partition coefficient (Wildman–Crippen LogP) is -5.13. The molecule has 0 aliphatic carbocycles. The van der Waals surface area contributed by atoms with Gasteiger partial charge in [0.05, 0.1) is 24.8 Å². The van der Waals surface area contributed by atoms with Gasteiger partial charge in [0.25, 0.3) is 0 Å². The number of nitrogens with two attached hydrogens (primary N) is 2. The number of carboxylic acids is 3.